The summed E-state index contributed by atoms with van der Waals surface area (Å²) in [7, 11) is 4.65. The molecule has 2 atom stereocenters. The lowest BCUT2D eigenvalue weighted by Crippen LogP contribution is -2.42. The molecule has 1 saturated heterocycles. The quantitative estimate of drug-likeness (QED) is 0.581. The van der Waals surface area contributed by atoms with E-state index < -0.39 is 5.97 Å². The summed E-state index contributed by atoms with van der Waals surface area (Å²) in [5.74, 6) is -0.675. The molecule has 1 amide bonds. The van der Waals surface area contributed by atoms with Gasteiger partial charge in [0.2, 0.25) is 0 Å². The van der Waals surface area contributed by atoms with Gasteiger partial charge in [0.05, 0.1) is 29.7 Å². The molecule has 2 unspecified atom stereocenters. The van der Waals surface area contributed by atoms with E-state index in [9.17, 15) is 9.59 Å². The molecule has 1 aliphatic heterocycles. The summed E-state index contributed by atoms with van der Waals surface area (Å²) in [4.78, 5) is 26.5. The summed E-state index contributed by atoms with van der Waals surface area (Å²) in [6.45, 7) is 4.51. The number of anilines is 1. The molecular formula is C17H25N3O4S2. The number of nitrogens with one attached hydrogen (secondary N) is 2. The lowest BCUT2D eigenvalue weighted by Gasteiger charge is -2.21. The molecule has 26 heavy (non-hydrogen) atoms. The van der Waals surface area contributed by atoms with Gasteiger partial charge in [0.15, 0.2) is 5.11 Å². The topological polar surface area (TPSA) is 79.9 Å². The van der Waals surface area contributed by atoms with Crippen molar-refractivity contribution in [2.45, 2.75) is 38.8 Å². The van der Waals surface area contributed by atoms with Crippen LogP contribution >= 0.6 is 23.6 Å². The second-order valence-corrected chi connectivity index (χ2v) is 7.82. The van der Waals surface area contributed by atoms with Gasteiger partial charge in [-0.3, -0.25) is 4.79 Å². The molecule has 1 aromatic heterocycles. The van der Waals surface area contributed by atoms with Gasteiger partial charge in [-0.05, 0) is 44.5 Å². The second-order valence-electron chi connectivity index (χ2n) is 6.39. The lowest BCUT2D eigenvalue weighted by molar-refractivity contribution is 0.0601. The van der Waals surface area contributed by atoms with Crippen LogP contribution < -0.4 is 10.6 Å². The van der Waals surface area contributed by atoms with E-state index in [1.165, 1.54) is 23.3 Å². The maximum Gasteiger partial charge on any atom is 0.341 e. The molecule has 0 spiro atoms. The molecule has 2 rings (SSSR count). The minimum atomic E-state index is -0.506. The van der Waals surface area contributed by atoms with Gasteiger partial charge in [-0.25, -0.2) is 4.79 Å². The van der Waals surface area contributed by atoms with Gasteiger partial charge >= 0.3 is 5.97 Å². The van der Waals surface area contributed by atoms with Crippen LogP contribution in [0.1, 0.15) is 45.4 Å². The third kappa shape index (κ3) is 4.52. The number of thiophene rings is 1. The summed E-state index contributed by atoms with van der Waals surface area (Å²) in [5, 5.41) is 7.11. The van der Waals surface area contributed by atoms with Gasteiger partial charge in [0.1, 0.15) is 5.00 Å². The maximum atomic E-state index is 12.4. The van der Waals surface area contributed by atoms with E-state index in [-0.39, 0.29) is 18.1 Å². The number of nitrogens with zero attached hydrogens (tertiary/aromatic N) is 1. The third-order valence-electron chi connectivity index (χ3n) is 4.25. The molecule has 0 aliphatic carbocycles. The Morgan fingerprint density at radius 2 is 2.12 bits per heavy atom. The van der Waals surface area contributed by atoms with E-state index in [4.69, 9.17) is 21.7 Å². The molecule has 0 bridgehead atoms. The number of rotatable bonds is 5. The molecule has 1 aliphatic rings. The molecular weight excluding hydrogens is 374 g/mol. The largest absolute Gasteiger partial charge is 0.465 e. The Hall–Kier alpha value is -1.71. The lowest BCUT2D eigenvalue weighted by atomic mass is 10.1. The SMILES string of the molecule is COC(=O)c1c(NC(=S)NC(C)C2CCCO2)sc(C(=O)N(C)C)c1C. The minimum absolute atomic E-state index is 0.0445. The van der Waals surface area contributed by atoms with E-state index in [0.717, 1.165) is 19.4 Å². The van der Waals surface area contributed by atoms with Crippen molar-refractivity contribution in [3.63, 3.8) is 0 Å². The molecule has 0 aromatic carbocycles. The molecule has 0 saturated carbocycles. The zero-order chi connectivity index (χ0) is 19.4. The van der Waals surface area contributed by atoms with Crippen molar-refractivity contribution in [2.75, 3.05) is 33.1 Å². The summed E-state index contributed by atoms with van der Waals surface area (Å²) < 4.78 is 10.5. The van der Waals surface area contributed by atoms with Crippen molar-refractivity contribution < 1.29 is 19.1 Å². The standard InChI is InChI=1S/C17H25N3O4S2/c1-9-12(16(22)23-5)14(26-13(9)15(21)20(3)4)19-17(25)18-10(2)11-7-6-8-24-11/h10-11H,6-8H2,1-5H3,(H2,18,19,25). The van der Waals surface area contributed by atoms with Crippen LogP contribution in [0, 0.1) is 6.92 Å². The molecule has 144 valence electrons. The predicted molar refractivity (Wildman–Crippen MR) is 106 cm³/mol. The molecule has 2 N–H and O–H groups in total. The number of ether oxygens (including phenoxy) is 2. The Morgan fingerprint density at radius 1 is 1.42 bits per heavy atom. The number of thiocarbonyl (C=S) groups is 1. The van der Waals surface area contributed by atoms with Gasteiger partial charge in [-0.15, -0.1) is 11.3 Å². The molecule has 1 aromatic rings. The summed E-state index contributed by atoms with van der Waals surface area (Å²) in [5.41, 5.74) is 0.912. The smallest absolute Gasteiger partial charge is 0.341 e. The third-order valence-corrected chi connectivity index (χ3v) is 5.66. The van der Waals surface area contributed by atoms with Crippen LogP contribution in [0.3, 0.4) is 0 Å². The van der Waals surface area contributed by atoms with Gasteiger partial charge in [-0.2, -0.15) is 0 Å². The minimum Gasteiger partial charge on any atom is -0.465 e. The number of hydrogen-bond acceptors (Lipinski definition) is 6. The van der Waals surface area contributed by atoms with Crippen LogP contribution in [0.25, 0.3) is 0 Å². The fourth-order valence-corrected chi connectivity index (χ4v) is 4.37. The Morgan fingerprint density at radius 3 is 2.65 bits per heavy atom. The van der Waals surface area contributed by atoms with Crippen molar-refractivity contribution in [1.29, 1.82) is 0 Å². The van der Waals surface area contributed by atoms with E-state index >= 15 is 0 Å². The highest BCUT2D eigenvalue weighted by Gasteiger charge is 2.27. The first-order chi connectivity index (χ1) is 12.3. The van der Waals surface area contributed by atoms with Gasteiger partial charge in [-0.1, -0.05) is 0 Å². The fourth-order valence-electron chi connectivity index (χ4n) is 2.79. The number of esters is 1. The Balaban J connectivity index is 2.21. The summed E-state index contributed by atoms with van der Waals surface area (Å²) in [6, 6.07) is 0.0445. The zero-order valence-corrected chi connectivity index (χ0v) is 17.3. The van der Waals surface area contributed by atoms with Crippen molar-refractivity contribution in [3.8, 4) is 0 Å². The van der Waals surface area contributed by atoms with Crippen LogP contribution in [-0.4, -0.2) is 61.8 Å². The van der Waals surface area contributed by atoms with Gasteiger partial charge in [0, 0.05) is 20.7 Å². The first-order valence-corrected chi connectivity index (χ1v) is 9.61. The molecule has 9 heteroatoms. The van der Waals surface area contributed by atoms with Crippen molar-refractivity contribution in [3.05, 3.63) is 16.0 Å². The first kappa shape index (κ1) is 20.6. The predicted octanol–water partition coefficient (Wildman–Crippen LogP) is 2.40. The Bertz CT molecular complexity index is 696. The van der Waals surface area contributed by atoms with E-state index in [2.05, 4.69) is 10.6 Å². The van der Waals surface area contributed by atoms with E-state index in [1.54, 1.807) is 21.0 Å². The highest BCUT2D eigenvalue weighted by atomic mass is 32.1. The van der Waals surface area contributed by atoms with Crippen LogP contribution in [0.15, 0.2) is 0 Å². The van der Waals surface area contributed by atoms with Gasteiger partial charge in [0.25, 0.3) is 5.91 Å². The summed E-state index contributed by atoms with van der Waals surface area (Å²) >= 11 is 6.57. The number of hydrogen-bond donors (Lipinski definition) is 2. The van der Waals surface area contributed by atoms with Gasteiger partial charge < -0.3 is 25.0 Å². The van der Waals surface area contributed by atoms with E-state index in [1.807, 2.05) is 6.92 Å². The van der Waals surface area contributed by atoms with Crippen molar-refractivity contribution in [1.82, 2.24) is 10.2 Å². The fraction of sp³-hybridized carbons (Fsp3) is 0.588. The summed E-state index contributed by atoms with van der Waals surface area (Å²) in [6.07, 6.45) is 2.15. The molecule has 2 heterocycles. The highest BCUT2D eigenvalue weighted by molar-refractivity contribution is 7.80. The Kier molecular flexibility index (Phi) is 6.96. The first-order valence-electron chi connectivity index (χ1n) is 8.38. The van der Waals surface area contributed by atoms with Crippen LogP contribution in [0.2, 0.25) is 0 Å². The number of amides is 1. The Labute approximate surface area is 163 Å². The second kappa shape index (κ2) is 8.79. The number of carbonyl (C=O) groups excluding carboxylic acids is 2. The van der Waals surface area contributed by atoms with E-state index in [0.29, 0.717) is 26.1 Å². The van der Waals surface area contributed by atoms with Crippen molar-refractivity contribution in [2.24, 2.45) is 0 Å². The normalized spacial score (nSPS) is 17.5. The average Bonchev–Trinajstić information content (AvgIpc) is 3.22. The monoisotopic (exact) mass is 399 g/mol. The average molecular weight is 400 g/mol. The molecule has 0 radical (unpaired) electrons. The molecule has 7 nitrogen and oxygen atoms in total. The van der Waals surface area contributed by atoms with Crippen LogP contribution in [-0.2, 0) is 9.47 Å². The number of carbonyl (C=O) groups is 2. The zero-order valence-electron chi connectivity index (χ0n) is 15.7. The maximum absolute atomic E-state index is 12.4. The molecule has 1 fully saturated rings. The van der Waals surface area contributed by atoms with Crippen LogP contribution in [0.5, 0.6) is 0 Å². The number of methoxy groups -OCH3 is 1. The van der Waals surface area contributed by atoms with Crippen LogP contribution in [0.4, 0.5) is 5.00 Å². The van der Waals surface area contributed by atoms with Crippen molar-refractivity contribution >= 4 is 45.5 Å². The highest BCUT2D eigenvalue weighted by Crippen LogP contribution is 2.34.